The van der Waals surface area contributed by atoms with Crippen molar-refractivity contribution in [2.24, 2.45) is 5.92 Å². The topological polar surface area (TPSA) is 54.5 Å². The third kappa shape index (κ3) is 4.83. The van der Waals surface area contributed by atoms with E-state index in [1.54, 1.807) is 0 Å². The number of rotatable bonds is 7. The summed E-state index contributed by atoms with van der Waals surface area (Å²) < 4.78 is 1.01. The zero-order chi connectivity index (χ0) is 20.0. The molecule has 0 bridgehead atoms. The maximum absolute atomic E-state index is 12.9. The van der Waals surface area contributed by atoms with Crippen LogP contribution in [0.3, 0.4) is 0 Å². The van der Waals surface area contributed by atoms with E-state index in [4.69, 9.17) is 0 Å². The number of carbonyl (C=O) groups is 3. The van der Waals surface area contributed by atoms with Gasteiger partial charge in [-0.05, 0) is 52.7 Å². The summed E-state index contributed by atoms with van der Waals surface area (Å²) in [6.07, 6.45) is 2.09. The number of amides is 2. The molecule has 0 N–H and O–H groups in total. The van der Waals surface area contributed by atoms with Gasteiger partial charge < -0.3 is 4.48 Å². The molecule has 1 fully saturated rings. The van der Waals surface area contributed by atoms with Gasteiger partial charge in [-0.25, -0.2) is 0 Å². The molecule has 1 aliphatic rings. The summed E-state index contributed by atoms with van der Waals surface area (Å²) in [5.41, 5.74) is 1.71. The standard InChI is InChI=1S/C22H33N2O3/c1-5-24(6-2,7-3)16-18-11-13-19(14-12-18)21(26)23-15-9-8-10-20(17(4)25)22(23)27/h11-14,20H,5-10,15-16H2,1-4H3/q+1. The molecule has 1 saturated heterocycles. The van der Waals surface area contributed by atoms with E-state index in [9.17, 15) is 14.4 Å². The van der Waals surface area contributed by atoms with E-state index in [2.05, 4.69) is 20.8 Å². The summed E-state index contributed by atoms with van der Waals surface area (Å²) in [6, 6.07) is 7.61. The Morgan fingerprint density at radius 2 is 1.63 bits per heavy atom. The van der Waals surface area contributed by atoms with Gasteiger partial charge in [-0.2, -0.15) is 0 Å². The Morgan fingerprint density at radius 1 is 1.04 bits per heavy atom. The summed E-state index contributed by atoms with van der Waals surface area (Å²) in [6.45, 7) is 12.6. The average molecular weight is 374 g/mol. The van der Waals surface area contributed by atoms with Gasteiger partial charge in [0.15, 0.2) is 0 Å². The van der Waals surface area contributed by atoms with Crippen molar-refractivity contribution in [3.63, 3.8) is 0 Å². The minimum Gasteiger partial charge on any atom is -0.321 e. The largest absolute Gasteiger partial charge is 0.321 e. The SMILES string of the molecule is CC[N+](CC)(CC)Cc1ccc(C(=O)N2CCCCC(C(C)=O)C2=O)cc1. The summed E-state index contributed by atoms with van der Waals surface area (Å²) >= 11 is 0. The molecule has 0 saturated carbocycles. The number of nitrogens with zero attached hydrogens (tertiary/aromatic N) is 2. The van der Waals surface area contributed by atoms with E-state index in [0.29, 0.717) is 18.5 Å². The zero-order valence-electron chi connectivity index (χ0n) is 17.2. The fraction of sp³-hybridized carbons (Fsp3) is 0.591. The Hall–Kier alpha value is -2.01. The van der Waals surface area contributed by atoms with Crippen molar-refractivity contribution in [1.82, 2.24) is 4.90 Å². The summed E-state index contributed by atoms with van der Waals surface area (Å²) in [7, 11) is 0. The second-order valence-corrected chi connectivity index (χ2v) is 7.60. The molecule has 2 amide bonds. The molecule has 0 aliphatic carbocycles. The molecule has 1 atom stereocenters. The molecular weight excluding hydrogens is 340 g/mol. The highest BCUT2D eigenvalue weighted by atomic mass is 16.2. The molecule has 1 aliphatic heterocycles. The van der Waals surface area contributed by atoms with Gasteiger partial charge in [0.25, 0.3) is 5.91 Å². The number of hydrogen-bond acceptors (Lipinski definition) is 3. The lowest BCUT2D eigenvalue weighted by atomic mass is 9.98. The molecule has 148 valence electrons. The normalized spacial score (nSPS) is 18.3. The summed E-state index contributed by atoms with van der Waals surface area (Å²) in [5, 5.41) is 0. The Bertz CT molecular complexity index is 669. The van der Waals surface area contributed by atoms with Crippen LogP contribution in [-0.2, 0) is 16.1 Å². The predicted octanol–water partition coefficient (Wildman–Crippen LogP) is 3.42. The first-order valence-corrected chi connectivity index (χ1v) is 10.2. The highest BCUT2D eigenvalue weighted by molar-refractivity contribution is 6.10. The molecule has 27 heavy (non-hydrogen) atoms. The van der Waals surface area contributed by atoms with Gasteiger partial charge in [0.05, 0.1) is 25.6 Å². The number of carbonyl (C=O) groups excluding carboxylic acids is 3. The third-order valence-electron chi connectivity index (χ3n) is 6.16. The molecule has 0 radical (unpaired) electrons. The number of likely N-dealkylation sites (tertiary alicyclic amines) is 1. The first kappa shape index (κ1) is 21.3. The van der Waals surface area contributed by atoms with Crippen molar-refractivity contribution >= 4 is 17.6 Å². The van der Waals surface area contributed by atoms with E-state index in [0.717, 1.165) is 43.5 Å². The second kappa shape index (κ2) is 9.27. The lowest BCUT2D eigenvalue weighted by molar-refractivity contribution is -0.936. The number of quaternary nitrogens is 1. The highest BCUT2D eigenvalue weighted by Crippen LogP contribution is 2.21. The van der Waals surface area contributed by atoms with E-state index in [-0.39, 0.29) is 17.6 Å². The van der Waals surface area contributed by atoms with Crippen molar-refractivity contribution in [2.75, 3.05) is 26.2 Å². The number of imide groups is 1. The zero-order valence-corrected chi connectivity index (χ0v) is 17.2. The smallest absolute Gasteiger partial charge is 0.260 e. The number of benzene rings is 1. The highest BCUT2D eigenvalue weighted by Gasteiger charge is 2.34. The van der Waals surface area contributed by atoms with Gasteiger partial charge >= 0.3 is 0 Å². The molecule has 1 unspecified atom stereocenters. The van der Waals surface area contributed by atoms with Crippen LogP contribution in [0, 0.1) is 5.92 Å². The van der Waals surface area contributed by atoms with Gasteiger partial charge in [-0.15, -0.1) is 0 Å². The Balaban J connectivity index is 2.17. The minimum atomic E-state index is -0.674. The minimum absolute atomic E-state index is 0.150. The summed E-state index contributed by atoms with van der Waals surface area (Å²) in [4.78, 5) is 38.6. The first-order valence-electron chi connectivity index (χ1n) is 10.2. The Kier molecular flexibility index (Phi) is 7.31. The lowest BCUT2D eigenvalue weighted by Gasteiger charge is -2.36. The third-order valence-corrected chi connectivity index (χ3v) is 6.16. The van der Waals surface area contributed by atoms with Crippen molar-refractivity contribution in [3.05, 3.63) is 35.4 Å². The van der Waals surface area contributed by atoms with Gasteiger partial charge in [0.2, 0.25) is 5.91 Å². The predicted molar refractivity (Wildman–Crippen MR) is 106 cm³/mol. The molecule has 1 heterocycles. The van der Waals surface area contributed by atoms with Crippen LogP contribution in [0.25, 0.3) is 0 Å². The molecule has 1 aromatic carbocycles. The van der Waals surface area contributed by atoms with E-state index in [1.165, 1.54) is 17.4 Å². The van der Waals surface area contributed by atoms with Gasteiger partial charge in [-0.1, -0.05) is 18.6 Å². The van der Waals surface area contributed by atoms with Crippen molar-refractivity contribution in [1.29, 1.82) is 0 Å². The van der Waals surface area contributed by atoms with Crippen LogP contribution in [0.2, 0.25) is 0 Å². The fourth-order valence-corrected chi connectivity index (χ4v) is 3.92. The Labute approximate surface area is 162 Å². The second-order valence-electron chi connectivity index (χ2n) is 7.60. The quantitative estimate of drug-likeness (QED) is 0.418. The van der Waals surface area contributed by atoms with Crippen LogP contribution in [-0.4, -0.2) is 53.2 Å². The van der Waals surface area contributed by atoms with E-state index < -0.39 is 5.92 Å². The molecule has 1 aromatic rings. The first-order chi connectivity index (χ1) is 12.9. The molecule has 0 aromatic heterocycles. The van der Waals surface area contributed by atoms with Crippen LogP contribution in [0.4, 0.5) is 0 Å². The van der Waals surface area contributed by atoms with Crippen molar-refractivity contribution in [3.8, 4) is 0 Å². The maximum Gasteiger partial charge on any atom is 0.260 e. The lowest BCUT2D eigenvalue weighted by Crippen LogP contribution is -2.46. The number of hydrogen-bond donors (Lipinski definition) is 0. The Morgan fingerprint density at radius 3 is 2.15 bits per heavy atom. The van der Waals surface area contributed by atoms with Crippen LogP contribution in [0.15, 0.2) is 24.3 Å². The molecule has 5 heteroatoms. The molecule has 0 spiro atoms. The van der Waals surface area contributed by atoms with Crippen LogP contribution in [0.5, 0.6) is 0 Å². The monoisotopic (exact) mass is 373 g/mol. The van der Waals surface area contributed by atoms with Crippen LogP contribution < -0.4 is 0 Å². The van der Waals surface area contributed by atoms with Crippen molar-refractivity contribution in [2.45, 2.75) is 53.5 Å². The maximum atomic E-state index is 12.9. The fourth-order valence-electron chi connectivity index (χ4n) is 3.92. The molecule has 2 rings (SSSR count). The molecule has 5 nitrogen and oxygen atoms in total. The van der Waals surface area contributed by atoms with Crippen molar-refractivity contribution < 1.29 is 18.9 Å². The van der Waals surface area contributed by atoms with E-state index in [1.807, 2.05) is 24.3 Å². The van der Waals surface area contributed by atoms with Gasteiger partial charge in [0.1, 0.15) is 12.3 Å². The van der Waals surface area contributed by atoms with Crippen LogP contribution >= 0.6 is 0 Å². The van der Waals surface area contributed by atoms with Gasteiger partial charge in [0, 0.05) is 17.7 Å². The number of ketones is 1. The van der Waals surface area contributed by atoms with Gasteiger partial charge in [-0.3, -0.25) is 19.3 Å². The average Bonchev–Trinajstić information content (AvgIpc) is 2.88. The number of Topliss-reactive ketones (excluding diaryl/α,β-unsaturated/α-hetero) is 1. The van der Waals surface area contributed by atoms with E-state index >= 15 is 0 Å². The summed E-state index contributed by atoms with van der Waals surface area (Å²) in [5.74, 6) is -1.45. The van der Waals surface area contributed by atoms with Crippen LogP contribution in [0.1, 0.15) is 62.9 Å². The molecular formula is C22H33N2O3+.